The molecule has 0 saturated carbocycles. The minimum atomic E-state index is -0.105. The molecule has 0 aromatic heterocycles. The van der Waals surface area contributed by atoms with Crippen LogP contribution in [0.2, 0.25) is 5.02 Å². The summed E-state index contributed by atoms with van der Waals surface area (Å²) in [6.07, 6.45) is 1.03. The van der Waals surface area contributed by atoms with Crippen LogP contribution in [0.4, 0.5) is 0 Å². The lowest BCUT2D eigenvalue weighted by molar-refractivity contribution is 0.637. The van der Waals surface area contributed by atoms with E-state index in [9.17, 15) is 0 Å². The zero-order valence-electron chi connectivity index (χ0n) is 10.7. The molecule has 0 aliphatic rings. The predicted molar refractivity (Wildman–Crippen MR) is 84.1 cm³/mol. The van der Waals surface area contributed by atoms with Gasteiger partial charge in [0, 0.05) is 9.50 Å². The van der Waals surface area contributed by atoms with Gasteiger partial charge in [0.15, 0.2) is 0 Å². The lowest BCUT2D eigenvalue weighted by Gasteiger charge is -2.18. The van der Waals surface area contributed by atoms with Crippen LogP contribution in [-0.4, -0.2) is 0 Å². The largest absolute Gasteiger partial charge is 0.271 e. The first-order chi connectivity index (χ1) is 9.15. The molecule has 2 aromatic rings. The summed E-state index contributed by atoms with van der Waals surface area (Å²) >= 11 is 9.69. The average Bonchev–Trinajstić information content (AvgIpc) is 2.42. The van der Waals surface area contributed by atoms with Crippen molar-refractivity contribution in [2.24, 2.45) is 5.84 Å². The first-order valence-electron chi connectivity index (χ1n) is 6.15. The number of nitrogens with one attached hydrogen (secondary N) is 1. The highest BCUT2D eigenvalue weighted by atomic mass is 79.9. The van der Waals surface area contributed by atoms with Gasteiger partial charge in [-0.15, -0.1) is 0 Å². The van der Waals surface area contributed by atoms with Gasteiger partial charge >= 0.3 is 0 Å². The van der Waals surface area contributed by atoms with E-state index in [1.807, 2.05) is 18.2 Å². The molecule has 3 N–H and O–H groups in total. The maximum absolute atomic E-state index is 6.29. The molecule has 100 valence electrons. The number of rotatable bonds is 4. The second-order valence-electron chi connectivity index (χ2n) is 4.36. The standard InChI is InChI=1S/C15H16BrClN2/c1-2-10-3-5-11(6-4-10)15(19-18)13-8-7-12(16)9-14(13)17/h3-9,15,19H,2,18H2,1H3. The maximum atomic E-state index is 6.29. The van der Waals surface area contributed by atoms with E-state index in [2.05, 4.69) is 52.5 Å². The van der Waals surface area contributed by atoms with E-state index < -0.39 is 0 Å². The van der Waals surface area contributed by atoms with Crippen LogP contribution >= 0.6 is 27.5 Å². The van der Waals surface area contributed by atoms with Gasteiger partial charge in [0.2, 0.25) is 0 Å². The molecule has 2 nitrogen and oxygen atoms in total. The molecule has 19 heavy (non-hydrogen) atoms. The van der Waals surface area contributed by atoms with Crippen molar-refractivity contribution in [2.75, 3.05) is 0 Å². The third-order valence-electron chi connectivity index (χ3n) is 3.16. The summed E-state index contributed by atoms with van der Waals surface area (Å²) in [4.78, 5) is 0. The van der Waals surface area contributed by atoms with Gasteiger partial charge in [-0.2, -0.15) is 0 Å². The molecule has 1 unspecified atom stereocenters. The van der Waals surface area contributed by atoms with Gasteiger partial charge in [-0.1, -0.05) is 64.8 Å². The lowest BCUT2D eigenvalue weighted by Crippen LogP contribution is -2.29. The van der Waals surface area contributed by atoms with Crippen molar-refractivity contribution in [1.82, 2.24) is 5.43 Å². The van der Waals surface area contributed by atoms with E-state index in [1.165, 1.54) is 5.56 Å². The Morgan fingerprint density at radius 3 is 2.42 bits per heavy atom. The van der Waals surface area contributed by atoms with E-state index in [-0.39, 0.29) is 6.04 Å². The molecule has 0 bridgehead atoms. The van der Waals surface area contributed by atoms with E-state index in [4.69, 9.17) is 17.4 Å². The van der Waals surface area contributed by atoms with Crippen LogP contribution in [0.3, 0.4) is 0 Å². The zero-order chi connectivity index (χ0) is 13.8. The third-order valence-corrected chi connectivity index (χ3v) is 3.98. The number of hydrogen-bond acceptors (Lipinski definition) is 2. The van der Waals surface area contributed by atoms with Crippen molar-refractivity contribution < 1.29 is 0 Å². The monoisotopic (exact) mass is 338 g/mol. The molecule has 0 amide bonds. The van der Waals surface area contributed by atoms with Crippen LogP contribution in [-0.2, 0) is 6.42 Å². The van der Waals surface area contributed by atoms with Gasteiger partial charge < -0.3 is 0 Å². The molecular weight excluding hydrogens is 324 g/mol. The van der Waals surface area contributed by atoms with Gasteiger partial charge in [0.05, 0.1) is 6.04 Å². The predicted octanol–water partition coefficient (Wildman–Crippen LogP) is 4.22. The fraction of sp³-hybridized carbons (Fsp3) is 0.200. The van der Waals surface area contributed by atoms with Crippen molar-refractivity contribution in [3.05, 3.63) is 68.7 Å². The molecule has 0 heterocycles. The van der Waals surface area contributed by atoms with Crippen molar-refractivity contribution >= 4 is 27.5 Å². The number of hydrazine groups is 1. The quantitative estimate of drug-likeness (QED) is 0.646. The van der Waals surface area contributed by atoms with Crippen molar-refractivity contribution in [3.63, 3.8) is 0 Å². The highest BCUT2D eigenvalue weighted by Crippen LogP contribution is 2.30. The zero-order valence-corrected chi connectivity index (χ0v) is 13.0. The Labute approximate surface area is 127 Å². The highest BCUT2D eigenvalue weighted by Gasteiger charge is 2.15. The van der Waals surface area contributed by atoms with E-state index in [0.29, 0.717) is 5.02 Å². The summed E-state index contributed by atoms with van der Waals surface area (Å²) in [5.74, 6) is 5.69. The van der Waals surface area contributed by atoms with E-state index in [0.717, 1.165) is 22.0 Å². The van der Waals surface area contributed by atoms with Crippen molar-refractivity contribution in [2.45, 2.75) is 19.4 Å². The molecule has 1 atom stereocenters. The minimum Gasteiger partial charge on any atom is -0.271 e. The van der Waals surface area contributed by atoms with Gasteiger partial charge in [-0.25, -0.2) is 5.43 Å². The highest BCUT2D eigenvalue weighted by molar-refractivity contribution is 9.10. The smallest absolute Gasteiger partial charge is 0.0724 e. The molecule has 4 heteroatoms. The summed E-state index contributed by atoms with van der Waals surface area (Å²) in [6, 6.07) is 14.1. The molecule has 0 fully saturated rings. The maximum Gasteiger partial charge on any atom is 0.0724 e. The van der Waals surface area contributed by atoms with Crippen molar-refractivity contribution in [3.8, 4) is 0 Å². The van der Waals surface area contributed by atoms with Gasteiger partial charge in [-0.3, -0.25) is 5.84 Å². The van der Waals surface area contributed by atoms with E-state index >= 15 is 0 Å². The first-order valence-corrected chi connectivity index (χ1v) is 7.32. The lowest BCUT2D eigenvalue weighted by atomic mass is 9.98. The molecule has 0 aliphatic heterocycles. The number of nitrogens with two attached hydrogens (primary N) is 1. The van der Waals surface area contributed by atoms with Crippen LogP contribution in [0.1, 0.15) is 29.7 Å². The molecule has 0 spiro atoms. The Hall–Kier alpha value is -0.870. The van der Waals surface area contributed by atoms with Crippen LogP contribution in [0.5, 0.6) is 0 Å². The third kappa shape index (κ3) is 3.37. The van der Waals surface area contributed by atoms with E-state index in [1.54, 1.807) is 0 Å². The molecule has 0 aliphatic carbocycles. The van der Waals surface area contributed by atoms with Gasteiger partial charge in [0.1, 0.15) is 0 Å². The Bertz CT molecular complexity index is 555. The van der Waals surface area contributed by atoms with Crippen LogP contribution in [0, 0.1) is 0 Å². The second kappa shape index (κ2) is 6.53. The summed E-state index contributed by atoms with van der Waals surface area (Å²) in [5, 5.41) is 0.692. The second-order valence-corrected chi connectivity index (χ2v) is 5.68. The molecule has 2 rings (SSSR count). The number of benzene rings is 2. The normalized spacial score (nSPS) is 12.4. The summed E-state index contributed by atoms with van der Waals surface area (Å²) in [7, 11) is 0. The SMILES string of the molecule is CCc1ccc(C(NN)c2ccc(Br)cc2Cl)cc1. The van der Waals surface area contributed by atoms with Crippen LogP contribution in [0.25, 0.3) is 0 Å². The van der Waals surface area contributed by atoms with Gasteiger partial charge in [0.25, 0.3) is 0 Å². The summed E-state index contributed by atoms with van der Waals surface area (Å²) < 4.78 is 0.957. The Morgan fingerprint density at radius 2 is 1.89 bits per heavy atom. The molecular formula is C15H16BrClN2. The Balaban J connectivity index is 2.37. The molecule has 0 radical (unpaired) electrons. The summed E-state index contributed by atoms with van der Waals surface area (Å²) in [5.41, 5.74) is 6.21. The Kier molecular flexibility index (Phi) is 4.99. The van der Waals surface area contributed by atoms with Crippen LogP contribution < -0.4 is 11.3 Å². The number of hydrogen-bond donors (Lipinski definition) is 2. The number of aryl methyl sites for hydroxylation is 1. The average molecular weight is 340 g/mol. The van der Waals surface area contributed by atoms with Crippen molar-refractivity contribution in [1.29, 1.82) is 0 Å². The molecule has 2 aromatic carbocycles. The summed E-state index contributed by atoms with van der Waals surface area (Å²) in [6.45, 7) is 2.14. The van der Waals surface area contributed by atoms with Crippen LogP contribution in [0.15, 0.2) is 46.9 Å². The number of halogens is 2. The molecule has 0 saturated heterocycles. The fourth-order valence-electron chi connectivity index (χ4n) is 2.05. The Morgan fingerprint density at radius 1 is 1.21 bits per heavy atom. The van der Waals surface area contributed by atoms with Gasteiger partial charge in [-0.05, 0) is 35.2 Å². The fourth-order valence-corrected chi connectivity index (χ4v) is 2.83. The minimum absolute atomic E-state index is 0.105. The first kappa shape index (κ1) is 14.5. The topological polar surface area (TPSA) is 38.0 Å².